The molecule has 3 rings (SSSR count). The average Bonchev–Trinajstić information content (AvgIpc) is 3.13. The Morgan fingerprint density at radius 2 is 1.95 bits per heavy atom. The summed E-state index contributed by atoms with van der Waals surface area (Å²) in [6.07, 6.45) is 0.834. The van der Waals surface area contributed by atoms with Crippen molar-refractivity contribution in [1.29, 1.82) is 0 Å². The molecule has 1 aliphatic carbocycles. The first-order valence-electron chi connectivity index (χ1n) is 5.61. The van der Waals surface area contributed by atoms with Crippen LogP contribution < -0.4 is 10.2 Å². The molecule has 1 aromatic rings. The molecule has 1 aromatic carbocycles. The highest BCUT2D eigenvalue weighted by Gasteiger charge is 2.62. The summed E-state index contributed by atoms with van der Waals surface area (Å²) < 4.78 is 13.7. The van der Waals surface area contributed by atoms with Gasteiger partial charge in [-0.2, -0.15) is 0 Å². The molecule has 1 N–H and O–H groups in total. The molecule has 1 saturated heterocycles. The van der Waals surface area contributed by atoms with Gasteiger partial charge in [0, 0.05) is 0 Å². The second-order valence-corrected chi connectivity index (χ2v) is 5.43. The number of imide groups is 2. The van der Waals surface area contributed by atoms with Crippen LogP contribution in [-0.4, -0.2) is 17.8 Å². The Kier molecular flexibility index (Phi) is 2.50. The molecule has 2 aliphatic rings. The van der Waals surface area contributed by atoms with Gasteiger partial charge in [0.25, 0.3) is 5.91 Å². The van der Waals surface area contributed by atoms with Gasteiger partial charge in [-0.15, -0.1) is 0 Å². The maximum atomic E-state index is 13.5. The zero-order valence-electron chi connectivity index (χ0n) is 9.57. The smallest absolute Gasteiger partial charge is 0.276 e. The lowest BCUT2D eigenvalue weighted by Crippen LogP contribution is -2.59. The minimum atomic E-state index is -1.13. The van der Waals surface area contributed by atoms with Gasteiger partial charge in [0.05, 0.1) is 10.2 Å². The van der Waals surface area contributed by atoms with Gasteiger partial charge < -0.3 is 0 Å². The molecule has 0 unspecified atom stereocenters. The lowest BCUT2D eigenvalue weighted by atomic mass is 10.0. The molecule has 19 heavy (non-hydrogen) atoms. The van der Waals surface area contributed by atoms with Gasteiger partial charge in [0.15, 0.2) is 0 Å². The number of nitrogens with one attached hydrogen (secondary N) is 1. The summed E-state index contributed by atoms with van der Waals surface area (Å²) in [5, 5.41) is 2.14. The molecule has 1 heterocycles. The Bertz CT molecular complexity index is 627. The van der Waals surface area contributed by atoms with Crippen molar-refractivity contribution in [3.63, 3.8) is 0 Å². The maximum Gasteiger partial charge on any atom is 0.335 e. The van der Waals surface area contributed by atoms with Crippen LogP contribution in [0, 0.1) is 11.2 Å². The van der Waals surface area contributed by atoms with Crippen molar-refractivity contribution in [2.45, 2.75) is 12.8 Å². The number of barbiturate groups is 1. The fraction of sp³-hybridized carbons (Fsp3) is 0.250. The van der Waals surface area contributed by atoms with E-state index in [4.69, 9.17) is 0 Å². The largest absolute Gasteiger partial charge is 0.335 e. The van der Waals surface area contributed by atoms with Crippen LogP contribution in [-0.2, 0) is 9.59 Å². The predicted molar refractivity (Wildman–Crippen MR) is 66.8 cm³/mol. The van der Waals surface area contributed by atoms with Crippen LogP contribution in [0.1, 0.15) is 12.8 Å². The molecule has 0 bridgehead atoms. The summed E-state index contributed by atoms with van der Waals surface area (Å²) in [5.74, 6) is -1.72. The maximum absolute atomic E-state index is 13.5. The minimum absolute atomic E-state index is 0.113. The van der Waals surface area contributed by atoms with Crippen molar-refractivity contribution < 1.29 is 18.8 Å². The second kappa shape index (κ2) is 3.86. The monoisotopic (exact) mass is 326 g/mol. The number of urea groups is 1. The Balaban J connectivity index is 2.03. The van der Waals surface area contributed by atoms with Crippen LogP contribution in [0.25, 0.3) is 0 Å². The number of halogens is 2. The van der Waals surface area contributed by atoms with E-state index in [9.17, 15) is 18.8 Å². The summed E-state index contributed by atoms with van der Waals surface area (Å²) in [5.41, 5.74) is -1.01. The first-order valence-corrected chi connectivity index (χ1v) is 6.40. The number of hydrogen-bond donors (Lipinski definition) is 1. The van der Waals surface area contributed by atoms with E-state index in [-0.39, 0.29) is 10.2 Å². The second-order valence-electron chi connectivity index (χ2n) is 4.58. The Morgan fingerprint density at radius 3 is 2.53 bits per heavy atom. The van der Waals surface area contributed by atoms with E-state index in [2.05, 4.69) is 21.2 Å². The van der Waals surface area contributed by atoms with Gasteiger partial charge in [0.2, 0.25) is 5.91 Å². The molecule has 1 spiro atoms. The lowest BCUT2D eigenvalue weighted by molar-refractivity contribution is -0.136. The summed E-state index contributed by atoms with van der Waals surface area (Å²) in [4.78, 5) is 36.5. The number of carbonyl (C=O) groups is 3. The number of nitrogens with zero attached hydrogens (tertiary/aromatic N) is 1. The quantitative estimate of drug-likeness (QED) is 0.802. The van der Waals surface area contributed by atoms with E-state index < -0.39 is 29.1 Å². The van der Waals surface area contributed by atoms with Crippen molar-refractivity contribution >= 4 is 39.5 Å². The van der Waals surface area contributed by atoms with Gasteiger partial charge >= 0.3 is 6.03 Å². The first-order chi connectivity index (χ1) is 8.95. The molecular formula is C12H8BrFN2O3. The molecule has 98 valence electrons. The van der Waals surface area contributed by atoms with E-state index in [1.54, 1.807) is 0 Å². The van der Waals surface area contributed by atoms with Crippen LogP contribution in [0.4, 0.5) is 14.9 Å². The molecule has 0 radical (unpaired) electrons. The molecule has 4 amide bonds. The highest BCUT2D eigenvalue weighted by atomic mass is 79.9. The SMILES string of the molecule is O=C1NC(=O)C2(CC2)C(=O)N1c1ccc(Br)c(F)c1. The number of hydrogen-bond acceptors (Lipinski definition) is 3. The third-order valence-corrected chi connectivity index (χ3v) is 4.03. The molecule has 5 nitrogen and oxygen atoms in total. The summed E-state index contributed by atoms with van der Waals surface area (Å²) in [6.45, 7) is 0. The highest BCUT2D eigenvalue weighted by Crippen LogP contribution is 2.49. The Labute approximate surface area is 115 Å². The molecule has 7 heteroatoms. The number of anilines is 1. The zero-order chi connectivity index (χ0) is 13.8. The number of benzene rings is 1. The van der Waals surface area contributed by atoms with E-state index in [1.807, 2.05) is 0 Å². The Hall–Kier alpha value is -1.76. The molecule has 0 atom stereocenters. The van der Waals surface area contributed by atoms with Gasteiger partial charge in [-0.25, -0.2) is 14.1 Å². The fourth-order valence-corrected chi connectivity index (χ4v) is 2.35. The van der Waals surface area contributed by atoms with Crippen LogP contribution in [0.5, 0.6) is 0 Å². The zero-order valence-corrected chi connectivity index (χ0v) is 11.2. The lowest BCUT2D eigenvalue weighted by Gasteiger charge is -2.30. The molecule has 0 aromatic heterocycles. The standard InChI is InChI=1S/C12H8BrFN2O3/c13-7-2-1-6(5-8(7)14)16-10(18)12(3-4-12)9(17)15-11(16)19/h1-2,5H,3-4H2,(H,15,17,19). The van der Waals surface area contributed by atoms with Crippen molar-refractivity contribution in [3.8, 4) is 0 Å². The third kappa shape index (κ3) is 1.68. The van der Waals surface area contributed by atoms with Crippen LogP contribution in [0.15, 0.2) is 22.7 Å². The number of amides is 4. The van der Waals surface area contributed by atoms with Crippen LogP contribution in [0.2, 0.25) is 0 Å². The van der Waals surface area contributed by atoms with E-state index in [0.717, 1.165) is 11.0 Å². The summed E-state index contributed by atoms with van der Waals surface area (Å²) in [6, 6.07) is 3.08. The normalized spacial score (nSPS) is 20.7. The van der Waals surface area contributed by atoms with Crippen molar-refractivity contribution in [3.05, 3.63) is 28.5 Å². The topological polar surface area (TPSA) is 66.5 Å². The van der Waals surface area contributed by atoms with Crippen LogP contribution >= 0.6 is 15.9 Å². The van der Waals surface area contributed by atoms with Crippen LogP contribution in [0.3, 0.4) is 0 Å². The van der Waals surface area contributed by atoms with Gasteiger partial charge in [-0.1, -0.05) is 0 Å². The van der Waals surface area contributed by atoms with Gasteiger partial charge in [-0.3, -0.25) is 14.9 Å². The fourth-order valence-electron chi connectivity index (χ4n) is 2.10. The number of rotatable bonds is 1. The summed E-state index contributed by atoms with van der Waals surface area (Å²) in [7, 11) is 0. The molecule has 1 aliphatic heterocycles. The molecule has 2 fully saturated rings. The van der Waals surface area contributed by atoms with E-state index in [1.165, 1.54) is 12.1 Å². The minimum Gasteiger partial charge on any atom is -0.276 e. The van der Waals surface area contributed by atoms with Crippen molar-refractivity contribution in [2.24, 2.45) is 5.41 Å². The first kappa shape index (κ1) is 12.3. The third-order valence-electron chi connectivity index (χ3n) is 3.38. The van der Waals surface area contributed by atoms with Gasteiger partial charge in [-0.05, 0) is 47.0 Å². The van der Waals surface area contributed by atoms with Crippen molar-refractivity contribution in [2.75, 3.05) is 4.90 Å². The van der Waals surface area contributed by atoms with E-state index in [0.29, 0.717) is 12.8 Å². The summed E-state index contributed by atoms with van der Waals surface area (Å²) >= 11 is 2.99. The molecule has 1 saturated carbocycles. The van der Waals surface area contributed by atoms with Gasteiger partial charge in [0.1, 0.15) is 11.2 Å². The van der Waals surface area contributed by atoms with E-state index >= 15 is 0 Å². The Morgan fingerprint density at radius 1 is 1.26 bits per heavy atom. The molecular weight excluding hydrogens is 319 g/mol. The average molecular weight is 327 g/mol. The highest BCUT2D eigenvalue weighted by molar-refractivity contribution is 9.10. The van der Waals surface area contributed by atoms with Crippen molar-refractivity contribution in [1.82, 2.24) is 5.32 Å². The number of carbonyl (C=O) groups excluding carboxylic acids is 3. The predicted octanol–water partition coefficient (Wildman–Crippen LogP) is 1.95.